The zero-order chi connectivity index (χ0) is 22.4. The molecule has 2 saturated carbocycles. The van der Waals surface area contributed by atoms with E-state index in [0.29, 0.717) is 40.6 Å². The Kier molecular flexibility index (Phi) is 4.78. The maximum absolute atomic E-state index is 13.0. The Morgan fingerprint density at radius 3 is 2.58 bits per heavy atom. The molecule has 6 rings (SSSR count). The fourth-order valence-electron chi connectivity index (χ4n) is 4.17. The Morgan fingerprint density at radius 2 is 1.82 bits per heavy atom. The van der Waals surface area contributed by atoms with Gasteiger partial charge in [-0.1, -0.05) is 12.1 Å². The van der Waals surface area contributed by atoms with Crippen molar-refractivity contribution in [3.05, 3.63) is 70.5 Å². The Morgan fingerprint density at radius 1 is 1.03 bits per heavy atom. The van der Waals surface area contributed by atoms with Gasteiger partial charge in [-0.05, 0) is 62.1 Å². The summed E-state index contributed by atoms with van der Waals surface area (Å²) in [5, 5.41) is 10.9. The lowest BCUT2D eigenvalue weighted by Crippen LogP contribution is -2.25. The average molecular weight is 441 g/mol. The van der Waals surface area contributed by atoms with Crippen molar-refractivity contribution in [3.8, 4) is 11.4 Å². The molecule has 0 atom stereocenters. The quantitative estimate of drug-likeness (QED) is 0.452. The number of para-hydroxylation sites is 1. The van der Waals surface area contributed by atoms with E-state index in [4.69, 9.17) is 4.98 Å². The number of benzene rings is 2. The van der Waals surface area contributed by atoms with E-state index in [1.54, 1.807) is 4.57 Å². The Hall–Kier alpha value is -3.81. The highest BCUT2D eigenvalue weighted by molar-refractivity contribution is 5.91. The number of nitrogens with zero attached hydrogens (tertiary/aromatic N) is 4. The SMILES string of the molecule is O=C(CCc1nc2ccccc2c(=O)n1C1CC1)Nc1ccc(-c2n[nH]c(C3CC3)n2)cc1. The Balaban J connectivity index is 1.14. The van der Waals surface area contributed by atoms with E-state index in [-0.39, 0.29) is 23.9 Å². The van der Waals surface area contributed by atoms with E-state index in [1.807, 2.05) is 48.5 Å². The molecule has 2 heterocycles. The van der Waals surface area contributed by atoms with Crippen molar-refractivity contribution in [2.24, 2.45) is 0 Å². The van der Waals surface area contributed by atoms with Crippen LogP contribution < -0.4 is 10.9 Å². The second-order valence-electron chi connectivity index (χ2n) is 8.90. The minimum absolute atomic E-state index is 0.00841. The molecule has 2 aromatic carbocycles. The lowest BCUT2D eigenvalue weighted by molar-refractivity contribution is -0.116. The van der Waals surface area contributed by atoms with Crippen LogP contribution in [0, 0.1) is 0 Å². The molecular formula is C25H24N6O2. The summed E-state index contributed by atoms with van der Waals surface area (Å²) < 4.78 is 1.79. The number of rotatable bonds is 7. The van der Waals surface area contributed by atoms with E-state index < -0.39 is 0 Å². The first-order chi connectivity index (χ1) is 16.2. The molecule has 2 N–H and O–H groups in total. The normalized spacial score (nSPS) is 15.6. The van der Waals surface area contributed by atoms with Gasteiger partial charge >= 0.3 is 0 Å². The van der Waals surface area contributed by atoms with Gasteiger partial charge in [0, 0.05) is 36.1 Å². The van der Waals surface area contributed by atoms with Crippen molar-refractivity contribution in [3.63, 3.8) is 0 Å². The number of fused-ring (bicyclic) bond motifs is 1. The number of carbonyl (C=O) groups is 1. The van der Waals surface area contributed by atoms with Gasteiger partial charge in [0.25, 0.3) is 5.56 Å². The standard InChI is InChI=1S/C25H24N6O2/c32-22(26-17-9-7-16(8-10-17)24-28-23(29-30-24)15-5-6-15)14-13-21-27-20-4-2-1-3-19(20)25(33)31(21)18-11-12-18/h1-4,7-10,15,18H,5-6,11-14H2,(H,26,32)(H,28,29,30). The zero-order valence-corrected chi connectivity index (χ0v) is 18.1. The van der Waals surface area contributed by atoms with Crippen molar-refractivity contribution in [1.82, 2.24) is 24.7 Å². The second-order valence-corrected chi connectivity index (χ2v) is 8.90. The van der Waals surface area contributed by atoms with Crippen LogP contribution in [-0.4, -0.2) is 30.6 Å². The number of H-pyrrole nitrogens is 1. The molecule has 2 aliphatic carbocycles. The molecule has 8 heteroatoms. The molecule has 4 aromatic rings. The maximum atomic E-state index is 13.0. The summed E-state index contributed by atoms with van der Waals surface area (Å²) in [4.78, 5) is 34.9. The fourth-order valence-corrected chi connectivity index (χ4v) is 4.17. The molecule has 1 amide bonds. The third kappa shape index (κ3) is 4.04. The van der Waals surface area contributed by atoms with E-state index in [2.05, 4.69) is 20.5 Å². The average Bonchev–Trinajstić information content (AvgIpc) is 3.77. The van der Waals surface area contributed by atoms with Crippen LogP contribution >= 0.6 is 0 Å². The molecule has 0 unspecified atom stereocenters. The van der Waals surface area contributed by atoms with Crippen LogP contribution in [0.15, 0.2) is 53.3 Å². The largest absolute Gasteiger partial charge is 0.326 e. The summed E-state index contributed by atoms with van der Waals surface area (Å²) in [6.45, 7) is 0. The first-order valence-electron chi connectivity index (χ1n) is 11.5. The van der Waals surface area contributed by atoms with Gasteiger partial charge in [-0.2, -0.15) is 5.10 Å². The monoisotopic (exact) mass is 440 g/mol. The third-order valence-electron chi connectivity index (χ3n) is 6.26. The molecule has 0 radical (unpaired) electrons. The van der Waals surface area contributed by atoms with Crippen LogP contribution in [-0.2, 0) is 11.2 Å². The minimum atomic E-state index is -0.110. The van der Waals surface area contributed by atoms with Gasteiger partial charge in [0.15, 0.2) is 5.82 Å². The number of hydrogen-bond acceptors (Lipinski definition) is 5. The van der Waals surface area contributed by atoms with Crippen LogP contribution in [0.3, 0.4) is 0 Å². The summed E-state index contributed by atoms with van der Waals surface area (Å²) in [5.74, 6) is 2.73. The summed E-state index contributed by atoms with van der Waals surface area (Å²) in [6, 6.07) is 15.1. The summed E-state index contributed by atoms with van der Waals surface area (Å²) in [5.41, 5.74) is 2.30. The Bertz CT molecular complexity index is 1400. The van der Waals surface area contributed by atoms with Crippen molar-refractivity contribution < 1.29 is 4.79 Å². The molecule has 8 nitrogen and oxygen atoms in total. The first-order valence-corrected chi connectivity index (χ1v) is 11.5. The smallest absolute Gasteiger partial charge is 0.261 e. The van der Waals surface area contributed by atoms with Gasteiger partial charge < -0.3 is 5.32 Å². The van der Waals surface area contributed by atoms with Crippen molar-refractivity contribution >= 4 is 22.5 Å². The second kappa shape index (κ2) is 7.95. The van der Waals surface area contributed by atoms with Gasteiger partial charge in [0.2, 0.25) is 5.91 Å². The Labute approximate surface area is 190 Å². The number of amides is 1. The van der Waals surface area contributed by atoms with Crippen LogP contribution in [0.4, 0.5) is 5.69 Å². The molecular weight excluding hydrogens is 416 g/mol. The van der Waals surface area contributed by atoms with Crippen molar-refractivity contribution in [1.29, 1.82) is 0 Å². The van der Waals surface area contributed by atoms with E-state index in [9.17, 15) is 9.59 Å². The van der Waals surface area contributed by atoms with Gasteiger partial charge in [0.1, 0.15) is 11.6 Å². The topological polar surface area (TPSA) is 106 Å². The van der Waals surface area contributed by atoms with Gasteiger partial charge in [-0.15, -0.1) is 0 Å². The highest BCUT2D eigenvalue weighted by Gasteiger charge is 2.29. The third-order valence-corrected chi connectivity index (χ3v) is 6.26. The number of carbonyl (C=O) groups excluding carboxylic acids is 1. The molecule has 0 aliphatic heterocycles. The zero-order valence-electron chi connectivity index (χ0n) is 18.1. The molecule has 33 heavy (non-hydrogen) atoms. The molecule has 2 aliphatic rings. The van der Waals surface area contributed by atoms with E-state index >= 15 is 0 Å². The lowest BCUT2D eigenvalue weighted by atomic mass is 10.2. The number of nitrogens with one attached hydrogen (secondary N) is 2. The molecule has 0 bridgehead atoms. The number of aromatic amines is 1. The number of hydrogen-bond donors (Lipinski definition) is 2. The number of anilines is 1. The van der Waals surface area contributed by atoms with Crippen molar-refractivity contribution in [2.45, 2.75) is 50.5 Å². The van der Waals surface area contributed by atoms with Crippen LogP contribution in [0.25, 0.3) is 22.3 Å². The molecule has 166 valence electrons. The molecule has 0 saturated heterocycles. The number of aryl methyl sites for hydroxylation is 1. The van der Waals surface area contributed by atoms with Gasteiger partial charge in [-0.25, -0.2) is 9.97 Å². The maximum Gasteiger partial charge on any atom is 0.261 e. The summed E-state index contributed by atoms with van der Waals surface area (Å²) >= 11 is 0. The molecule has 2 fully saturated rings. The highest BCUT2D eigenvalue weighted by Crippen LogP contribution is 2.38. The first kappa shape index (κ1) is 19.8. The van der Waals surface area contributed by atoms with E-state index in [0.717, 1.165) is 24.2 Å². The molecule has 2 aromatic heterocycles. The van der Waals surface area contributed by atoms with Crippen LogP contribution in [0.1, 0.15) is 55.7 Å². The van der Waals surface area contributed by atoms with E-state index in [1.165, 1.54) is 12.8 Å². The predicted octanol–water partition coefficient (Wildman–Crippen LogP) is 3.97. The molecule has 0 spiro atoms. The fraction of sp³-hybridized carbons (Fsp3) is 0.320. The van der Waals surface area contributed by atoms with Crippen molar-refractivity contribution in [2.75, 3.05) is 5.32 Å². The van der Waals surface area contributed by atoms with Crippen LogP contribution in [0.5, 0.6) is 0 Å². The minimum Gasteiger partial charge on any atom is -0.326 e. The van der Waals surface area contributed by atoms with Crippen LogP contribution in [0.2, 0.25) is 0 Å². The predicted molar refractivity (Wildman–Crippen MR) is 125 cm³/mol. The lowest BCUT2D eigenvalue weighted by Gasteiger charge is -2.13. The highest BCUT2D eigenvalue weighted by atomic mass is 16.1. The summed E-state index contributed by atoms with van der Waals surface area (Å²) in [7, 11) is 0. The number of aromatic nitrogens is 5. The summed E-state index contributed by atoms with van der Waals surface area (Å²) in [6.07, 6.45) is 4.99. The van der Waals surface area contributed by atoms with Gasteiger partial charge in [0.05, 0.1) is 10.9 Å². The van der Waals surface area contributed by atoms with Gasteiger partial charge in [-0.3, -0.25) is 19.3 Å².